The fraction of sp³-hybridized carbons (Fsp3) is 0.588. The minimum Gasteiger partial charge on any atom is -0.310 e. The van der Waals surface area contributed by atoms with Crippen LogP contribution in [0.15, 0.2) is 24.3 Å². The highest BCUT2D eigenvalue weighted by molar-refractivity contribution is 5.96. The normalized spacial score (nSPS) is 23.3. The van der Waals surface area contributed by atoms with E-state index >= 15 is 0 Å². The number of Topliss-reactive ketones (excluding diaryl/α,β-unsaturated/α-hetero) is 1. The molecule has 3 heteroatoms. The van der Waals surface area contributed by atoms with Crippen LogP contribution in [0.4, 0.5) is 0 Å². The molecule has 3 rings (SSSR count). The summed E-state index contributed by atoms with van der Waals surface area (Å²) in [4.78, 5) is 14.6. The quantitative estimate of drug-likeness (QED) is 0.837. The third-order valence-corrected chi connectivity index (χ3v) is 4.56. The average Bonchev–Trinajstić information content (AvgIpc) is 2.45. The highest BCUT2D eigenvalue weighted by Gasteiger charge is 2.18. The van der Waals surface area contributed by atoms with Crippen molar-refractivity contribution in [1.82, 2.24) is 10.2 Å². The molecule has 1 aromatic carbocycles. The summed E-state index contributed by atoms with van der Waals surface area (Å²) in [5.74, 6) is 0.281. The number of piperidine rings is 1. The second-order valence-corrected chi connectivity index (χ2v) is 5.99. The number of likely N-dealkylation sites (tertiary alicyclic amines) is 1. The van der Waals surface area contributed by atoms with Crippen LogP contribution in [0.25, 0.3) is 0 Å². The van der Waals surface area contributed by atoms with E-state index in [2.05, 4.69) is 22.3 Å². The Morgan fingerprint density at radius 1 is 1.15 bits per heavy atom. The molecule has 2 fully saturated rings. The Labute approximate surface area is 121 Å². The minimum atomic E-state index is 0.281. The van der Waals surface area contributed by atoms with Crippen molar-refractivity contribution in [2.24, 2.45) is 0 Å². The molecule has 0 radical (unpaired) electrons. The van der Waals surface area contributed by atoms with Gasteiger partial charge in [0.25, 0.3) is 0 Å². The fourth-order valence-electron chi connectivity index (χ4n) is 3.06. The van der Waals surface area contributed by atoms with E-state index in [0.29, 0.717) is 12.5 Å². The Bertz CT molecular complexity index is 445. The van der Waals surface area contributed by atoms with Crippen LogP contribution >= 0.6 is 0 Å². The van der Waals surface area contributed by atoms with Crippen LogP contribution in [-0.4, -0.2) is 36.9 Å². The minimum absolute atomic E-state index is 0.281. The molecule has 2 aliphatic rings. The molecule has 0 amide bonds. The molecule has 2 heterocycles. The van der Waals surface area contributed by atoms with Crippen LogP contribution in [-0.2, 0) is 0 Å². The van der Waals surface area contributed by atoms with Crippen LogP contribution in [0.2, 0.25) is 0 Å². The molecule has 1 N–H and O–H groups in total. The SMILES string of the molecule is O=C(CCN1CCCCC1)c1ccc(C2CCN2)cc1. The Balaban J connectivity index is 1.51. The molecule has 0 spiro atoms. The zero-order valence-corrected chi connectivity index (χ0v) is 12.1. The lowest BCUT2D eigenvalue weighted by atomic mass is 9.96. The van der Waals surface area contributed by atoms with Crippen molar-refractivity contribution in [3.63, 3.8) is 0 Å². The highest BCUT2D eigenvalue weighted by atomic mass is 16.1. The zero-order valence-electron chi connectivity index (χ0n) is 12.1. The van der Waals surface area contributed by atoms with Gasteiger partial charge in [-0.25, -0.2) is 0 Å². The lowest BCUT2D eigenvalue weighted by Gasteiger charge is -2.28. The van der Waals surface area contributed by atoms with Gasteiger partial charge >= 0.3 is 0 Å². The standard InChI is InChI=1S/C17H24N2O/c20-17(9-13-19-11-2-1-3-12-19)15-6-4-14(5-7-15)16-8-10-18-16/h4-7,16,18H,1-3,8-13H2. The number of hydrogen-bond donors (Lipinski definition) is 1. The summed E-state index contributed by atoms with van der Waals surface area (Å²) >= 11 is 0. The monoisotopic (exact) mass is 272 g/mol. The molecule has 2 saturated heterocycles. The Hall–Kier alpha value is -1.19. The van der Waals surface area contributed by atoms with E-state index in [1.54, 1.807) is 0 Å². The number of nitrogens with zero attached hydrogens (tertiary/aromatic N) is 1. The van der Waals surface area contributed by atoms with Gasteiger partial charge in [0.15, 0.2) is 5.78 Å². The van der Waals surface area contributed by atoms with E-state index in [0.717, 1.165) is 18.7 Å². The molecule has 1 atom stereocenters. The maximum Gasteiger partial charge on any atom is 0.164 e. The summed E-state index contributed by atoms with van der Waals surface area (Å²) in [7, 11) is 0. The molecular formula is C17H24N2O. The number of hydrogen-bond acceptors (Lipinski definition) is 3. The van der Waals surface area contributed by atoms with Crippen molar-refractivity contribution in [2.75, 3.05) is 26.2 Å². The molecular weight excluding hydrogens is 248 g/mol. The van der Waals surface area contributed by atoms with E-state index in [9.17, 15) is 4.79 Å². The molecule has 0 aromatic heterocycles. The average molecular weight is 272 g/mol. The number of carbonyl (C=O) groups is 1. The van der Waals surface area contributed by atoms with Gasteiger partial charge in [-0.05, 0) is 44.5 Å². The van der Waals surface area contributed by atoms with Crippen molar-refractivity contribution in [3.8, 4) is 0 Å². The van der Waals surface area contributed by atoms with Gasteiger partial charge < -0.3 is 10.2 Å². The van der Waals surface area contributed by atoms with Gasteiger partial charge in [-0.3, -0.25) is 4.79 Å². The number of nitrogens with one attached hydrogen (secondary N) is 1. The van der Waals surface area contributed by atoms with Crippen molar-refractivity contribution >= 4 is 5.78 Å². The molecule has 0 aliphatic carbocycles. The summed E-state index contributed by atoms with van der Waals surface area (Å²) in [6, 6.07) is 8.70. The highest BCUT2D eigenvalue weighted by Crippen LogP contribution is 2.23. The predicted octanol–water partition coefficient (Wildman–Crippen LogP) is 2.78. The predicted molar refractivity (Wildman–Crippen MR) is 81.0 cm³/mol. The van der Waals surface area contributed by atoms with E-state index in [4.69, 9.17) is 0 Å². The third kappa shape index (κ3) is 3.28. The fourth-order valence-corrected chi connectivity index (χ4v) is 3.06. The molecule has 108 valence electrons. The maximum atomic E-state index is 12.2. The zero-order chi connectivity index (χ0) is 13.8. The van der Waals surface area contributed by atoms with Gasteiger partial charge in [-0.15, -0.1) is 0 Å². The topological polar surface area (TPSA) is 32.3 Å². The first-order valence-corrected chi connectivity index (χ1v) is 7.92. The van der Waals surface area contributed by atoms with Crippen molar-refractivity contribution < 1.29 is 4.79 Å². The van der Waals surface area contributed by atoms with Gasteiger partial charge in [-0.2, -0.15) is 0 Å². The van der Waals surface area contributed by atoms with Gasteiger partial charge in [-0.1, -0.05) is 30.7 Å². The number of rotatable bonds is 5. The molecule has 0 bridgehead atoms. The van der Waals surface area contributed by atoms with E-state index in [1.807, 2.05) is 12.1 Å². The second kappa shape index (κ2) is 6.51. The largest absolute Gasteiger partial charge is 0.310 e. The molecule has 20 heavy (non-hydrogen) atoms. The van der Waals surface area contributed by atoms with Crippen molar-refractivity contribution in [3.05, 3.63) is 35.4 Å². The van der Waals surface area contributed by atoms with Crippen LogP contribution in [0.5, 0.6) is 0 Å². The molecule has 0 saturated carbocycles. The summed E-state index contributed by atoms with van der Waals surface area (Å²) < 4.78 is 0. The summed E-state index contributed by atoms with van der Waals surface area (Å²) in [6.45, 7) is 4.37. The van der Waals surface area contributed by atoms with Crippen LogP contribution < -0.4 is 5.32 Å². The third-order valence-electron chi connectivity index (χ3n) is 4.56. The van der Waals surface area contributed by atoms with Gasteiger partial charge in [0.1, 0.15) is 0 Å². The van der Waals surface area contributed by atoms with Crippen molar-refractivity contribution in [1.29, 1.82) is 0 Å². The summed E-state index contributed by atoms with van der Waals surface area (Å²) in [6.07, 6.45) is 5.79. The number of ketones is 1. The molecule has 1 unspecified atom stereocenters. The Morgan fingerprint density at radius 3 is 2.45 bits per heavy atom. The van der Waals surface area contributed by atoms with Gasteiger partial charge in [0.05, 0.1) is 0 Å². The van der Waals surface area contributed by atoms with E-state index in [1.165, 1.54) is 44.3 Å². The van der Waals surface area contributed by atoms with Crippen LogP contribution in [0.1, 0.15) is 54.1 Å². The van der Waals surface area contributed by atoms with E-state index in [-0.39, 0.29) is 5.78 Å². The Morgan fingerprint density at radius 2 is 1.85 bits per heavy atom. The van der Waals surface area contributed by atoms with Crippen molar-refractivity contribution in [2.45, 2.75) is 38.1 Å². The van der Waals surface area contributed by atoms with Gasteiger partial charge in [0, 0.05) is 24.6 Å². The van der Waals surface area contributed by atoms with Crippen LogP contribution in [0.3, 0.4) is 0 Å². The summed E-state index contributed by atoms with van der Waals surface area (Å²) in [5.41, 5.74) is 2.17. The first-order valence-electron chi connectivity index (χ1n) is 7.92. The second-order valence-electron chi connectivity index (χ2n) is 5.99. The van der Waals surface area contributed by atoms with E-state index < -0.39 is 0 Å². The molecule has 2 aliphatic heterocycles. The lowest BCUT2D eigenvalue weighted by Crippen LogP contribution is -2.34. The van der Waals surface area contributed by atoms with Gasteiger partial charge in [0.2, 0.25) is 0 Å². The van der Waals surface area contributed by atoms with Crippen LogP contribution in [0, 0.1) is 0 Å². The molecule has 1 aromatic rings. The number of benzene rings is 1. The number of carbonyl (C=O) groups excluding carboxylic acids is 1. The summed E-state index contributed by atoms with van der Waals surface area (Å²) in [5, 5.41) is 3.39. The first kappa shape index (κ1) is 13.8. The molecule has 3 nitrogen and oxygen atoms in total. The maximum absolute atomic E-state index is 12.2. The Kier molecular flexibility index (Phi) is 4.48. The first-order chi connectivity index (χ1) is 9.83. The smallest absolute Gasteiger partial charge is 0.164 e. The lowest BCUT2D eigenvalue weighted by molar-refractivity contribution is 0.0958.